The molecule has 33 heavy (non-hydrogen) atoms. The summed E-state index contributed by atoms with van der Waals surface area (Å²) in [7, 11) is 0. The number of esters is 1. The molecule has 4 atom stereocenters. The Labute approximate surface area is 197 Å². The number of aliphatic hydroxyl groups excluding tert-OH is 3. The van der Waals surface area contributed by atoms with Crippen LogP contribution in [-0.2, 0) is 14.3 Å². The fourth-order valence-corrected chi connectivity index (χ4v) is 3.12. The molecular formula is C26H40O7. The lowest BCUT2D eigenvalue weighted by Crippen LogP contribution is -2.46. The van der Waals surface area contributed by atoms with Gasteiger partial charge in [0.15, 0.2) is 0 Å². The van der Waals surface area contributed by atoms with E-state index >= 15 is 0 Å². The molecule has 0 radical (unpaired) electrons. The zero-order valence-electron chi connectivity index (χ0n) is 19.6. The van der Waals surface area contributed by atoms with Crippen LogP contribution in [0, 0.1) is 0 Å². The van der Waals surface area contributed by atoms with E-state index in [4.69, 9.17) is 14.6 Å². The van der Waals surface area contributed by atoms with Gasteiger partial charge in [-0.2, -0.15) is 0 Å². The van der Waals surface area contributed by atoms with Gasteiger partial charge >= 0.3 is 5.97 Å². The molecule has 186 valence electrons. The number of unbranched alkanes of at least 4 members (excludes halogenated alkanes) is 1. The van der Waals surface area contributed by atoms with Crippen LogP contribution in [0.25, 0.3) is 0 Å². The van der Waals surface area contributed by atoms with E-state index in [0.717, 1.165) is 38.5 Å². The largest absolute Gasteiger partial charge is 0.463 e. The zero-order valence-corrected chi connectivity index (χ0v) is 19.6. The van der Waals surface area contributed by atoms with Crippen LogP contribution in [0.4, 0.5) is 0 Å². The first-order chi connectivity index (χ1) is 15.9. The molecule has 1 aliphatic heterocycles. The molecule has 0 saturated carbocycles. The van der Waals surface area contributed by atoms with Gasteiger partial charge in [0.1, 0.15) is 24.9 Å². The highest BCUT2D eigenvalue weighted by molar-refractivity contribution is 5.69. The van der Waals surface area contributed by atoms with Gasteiger partial charge in [0.25, 0.3) is 0 Å². The van der Waals surface area contributed by atoms with Crippen molar-refractivity contribution in [2.75, 3.05) is 13.2 Å². The molecule has 0 aromatic rings. The fourth-order valence-electron chi connectivity index (χ4n) is 3.12. The van der Waals surface area contributed by atoms with Gasteiger partial charge in [0, 0.05) is 6.42 Å². The molecule has 1 rings (SSSR count). The summed E-state index contributed by atoms with van der Waals surface area (Å²) in [5, 5.41) is 38.3. The maximum atomic E-state index is 11.8. The minimum absolute atomic E-state index is 0.212. The first kappa shape index (κ1) is 29.0. The second-order valence-corrected chi connectivity index (χ2v) is 7.88. The molecule has 0 aliphatic carbocycles. The molecule has 1 fully saturated rings. The summed E-state index contributed by atoms with van der Waals surface area (Å²) in [5.74, 6) is -2.69. The summed E-state index contributed by atoms with van der Waals surface area (Å²) in [6.07, 6.45) is 23.5. The SMILES string of the molecule is CC/C=C/C/C=C/C/C=C/C/C=C/C/C=C/CCCC(=O)OCC1O[C@](O)(CO)[C@@H](O)[C@@H]1O. The summed E-state index contributed by atoms with van der Waals surface area (Å²) < 4.78 is 10.0. The van der Waals surface area contributed by atoms with Gasteiger partial charge in [-0.15, -0.1) is 0 Å². The quantitative estimate of drug-likeness (QED) is 0.157. The lowest BCUT2D eigenvalue weighted by Gasteiger charge is -2.22. The summed E-state index contributed by atoms with van der Waals surface area (Å²) in [6.45, 7) is 0.954. The Morgan fingerprint density at radius 2 is 1.42 bits per heavy atom. The first-order valence-electron chi connectivity index (χ1n) is 11.7. The van der Waals surface area contributed by atoms with Crippen LogP contribution in [0.5, 0.6) is 0 Å². The highest BCUT2D eigenvalue weighted by atomic mass is 16.7. The molecule has 4 N–H and O–H groups in total. The topological polar surface area (TPSA) is 116 Å². The smallest absolute Gasteiger partial charge is 0.305 e. The Morgan fingerprint density at radius 3 is 1.91 bits per heavy atom. The van der Waals surface area contributed by atoms with Crippen molar-refractivity contribution < 1.29 is 34.7 Å². The normalized spacial score (nSPS) is 26.2. The Bertz CT molecular complexity index is 680. The molecule has 0 spiro atoms. The van der Waals surface area contributed by atoms with Crippen molar-refractivity contribution in [2.45, 2.75) is 82.4 Å². The second-order valence-electron chi connectivity index (χ2n) is 7.88. The fraction of sp³-hybridized carbons (Fsp3) is 0.577. The van der Waals surface area contributed by atoms with Gasteiger partial charge in [-0.1, -0.05) is 67.7 Å². The summed E-state index contributed by atoms with van der Waals surface area (Å²) in [4.78, 5) is 11.8. The van der Waals surface area contributed by atoms with Gasteiger partial charge in [-0.3, -0.25) is 4.79 Å². The van der Waals surface area contributed by atoms with Gasteiger partial charge in [0.05, 0.1) is 6.61 Å². The van der Waals surface area contributed by atoms with Crippen molar-refractivity contribution in [2.24, 2.45) is 0 Å². The number of carbonyl (C=O) groups is 1. The van der Waals surface area contributed by atoms with E-state index in [-0.39, 0.29) is 13.0 Å². The summed E-state index contributed by atoms with van der Waals surface area (Å²) in [5.41, 5.74) is 0. The van der Waals surface area contributed by atoms with E-state index in [1.165, 1.54) is 0 Å². The lowest BCUT2D eigenvalue weighted by molar-refractivity contribution is -0.248. The molecule has 1 aliphatic rings. The van der Waals surface area contributed by atoms with Gasteiger partial charge in [-0.25, -0.2) is 0 Å². The van der Waals surface area contributed by atoms with Gasteiger partial charge in [-0.05, 0) is 44.9 Å². The minimum Gasteiger partial charge on any atom is -0.463 e. The predicted octanol–water partition coefficient (Wildman–Crippen LogP) is 3.25. The predicted molar refractivity (Wildman–Crippen MR) is 128 cm³/mol. The maximum absolute atomic E-state index is 11.8. The third kappa shape index (κ3) is 12.1. The first-order valence-corrected chi connectivity index (χ1v) is 11.7. The molecular weight excluding hydrogens is 424 g/mol. The van der Waals surface area contributed by atoms with Crippen LogP contribution in [0.15, 0.2) is 60.8 Å². The third-order valence-electron chi connectivity index (χ3n) is 5.07. The van der Waals surface area contributed by atoms with Crippen molar-refractivity contribution >= 4 is 5.97 Å². The van der Waals surface area contributed by atoms with Crippen molar-refractivity contribution in [1.82, 2.24) is 0 Å². The van der Waals surface area contributed by atoms with Crippen LogP contribution in [0.1, 0.15) is 58.3 Å². The number of rotatable bonds is 16. The van der Waals surface area contributed by atoms with Crippen LogP contribution in [0.2, 0.25) is 0 Å². The molecule has 0 bridgehead atoms. The van der Waals surface area contributed by atoms with Crippen LogP contribution in [-0.4, -0.2) is 63.7 Å². The van der Waals surface area contributed by atoms with Crippen molar-refractivity contribution in [1.29, 1.82) is 0 Å². The summed E-state index contributed by atoms with van der Waals surface area (Å²) in [6, 6.07) is 0. The monoisotopic (exact) mass is 464 g/mol. The number of ether oxygens (including phenoxy) is 2. The van der Waals surface area contributed by atoms with Gasteiger partial charge in [0.2, 0.25) is 5.79 Å². The highest BCUT2D eigenvalue weighted by Crippen LogP contribution is 2.29. The average molecular weight is 465 g/mol. The standard InChI is InChI=1S/C26H40O7/c1-2-3-4-5-6-7-8-9-10-11-12-13-14-15-16-17-18-19-23(28)32-20-22-24(29)25(30)26(31,21-27)33-22/h3-4,6-7,9-10,12-13,15-16,22,24-25,27,29-31H,2,5,8,11,14,17-21H2,1H3/b4-3+,7-6+,10-9+,13-12+,16-15+/t22?,24-,25+,26-/m1/s1. The van der Waals surface area contributed by atoms with Crippen molar-refractivity contribution in [3.63, 3.8) is 0 Å². The Kier molecular flexibility index (Phi) is 15.3. The molecule has 7 heteroatoms. The number of aliphatic hydroxyl groups is 4. The highest BCUT2D eigenvalue weighted by Gasteiger charge is 2.53. The summed E-state index contributed by atoms with van der Waals surface area (Å²) >= 11 is 0. The molecule has 0 aromatic carbocycles. The number of carbonyl (C=O) groups excluding carboxylic acids is 1. The average Bonchev–Trinajstić information content (AvgIpc) is 3.03. The number of hydrogen-bond acceptors (Lipinski definition) is 7. The molecule has 1 unspecified atom stereocenters. The van der Waals surface area contributed by atoms with E-state index in [9.17, 15) is 20.1 Å². The van der Waals surface area contributed by atoms with E-state index < -0.39 is 36.7 Å². The second kappa shape index (κ2) is 17.4. The molecule has 1 saturated heterocycles. The number of allylic oxidation sites excluding steroid dienone is 10. The minimum atomic E-state index is -2.24. The van der Waals surface area contributed by atoms with Crippen LogP contribution >= 0.6 is 0 Å². The van der Waals surface area contributed by atoms with E-state index in [2.05, 4.69) is 61.6 Å². The Hall–Kier alpha value is -2.03. The molecule has 1 heterocycles. The Morgan fingerprint density at radius 1 is 0.909 bits per heavy atom. The van der Waals surface area contributed by atoms with Crippen LogP contribution < -0.4 is 0 Å². The molecule has 0 aromatic heterocycles. The van der Waals surface area contributed by atoms with E-state index in [0.29, 0.717) is 6.42 Å². The van der Waals surface area contributed by atoms with Crippen molar-refractivity contribution in [3.8, 4) is 0 Å². The molecule has 7 nitrogen and oxygen atoms in total. The lowest BCUT2D eigenvalue weighted by atomic mass is 10.1. The third-order valence-corrected chi connectivity index (χ3v) is 5.07. The van der Waals surface area contributed by atoms with Crippen molar-refractivity contribution in [3.05, 3.63) is 60.8 Å². The van der Waals surface area contributed by atoms with E-state index in [1.807, 2.05) is 6.08 Å². The van der Waals surface area contributed by atoms with E-state index in [1.54, 1.807) is 0 Å². The number of hydrogen-bond donors (Lipinski definition) is 4. The maximum Gasteiger partial charge on any atom is 0.305 e. The zero-order chi connectivity index (χ0) is 24.4. The Balaban J connectivity index is 2.04. The molecule has 0 amide bonds. The van der Waals surface area contributed by atoms with Crippen LogP contribution in [0.3, 0.4) is 0 Å². The van der Waals surface area contributed by atoms with Gasteiger partial charge < -0.3 is 29.9 Å².